The lowest BCUT2D eigenvalue weighted by molar-refractivity contribution is -0.112. The average Bonchev–Trinajstić information content (AvgIpc) is 2.90. The number of carbonyl (C=O) groups excluding carboxylic acids is 2. The first-order chi connectivity index (χ1) is 18.8. The quantitative estimate of drug-likeness (QED) is 0.229. The number of allylic oxidation sites excluding steroid dienone is 3. The van der Waals surface area contributed by atoms with Crippen molar-refractivity contribution in [3.8, 4) is 11.5 Å². The maximum absolute atomic E-state index is 12.9. The van der Waals surface area contributed by atoms with Gasteiger partial charge in [-0.3, -0.25) is 4.79 Å². The fourth-order valence-electron chi connectivity index (χ4n) is 5.09. The lowest BCUT2D eigenvalue weighted by atomic mass is 9.82. The molecule has 0 aliphatic carbocycles. The molecule has 2 amide bonds. The molecular weight excluding hydrogens is 516 g/mol. The van der Waals surface area contributed by atoms with Crippen LogP contribution in [0.5, 0.6) is 11.5 Å². The SMILES string of the molecule is COC1/C=C\C=C(\C)C(=O)Nc2cc(O)cc(c2O)C(OC)C(C)CC(OC)C(C)C(C)/C=C(/C)C1OC(N)=O. The third-order valence-corrected chi connectivity index (χ3v) is 7.57. The number of ether oxygens (including phenoxy) is 4. The van der Waals surface area contributed by atoms with Gasteiger partial charge in [0.1, 0.15) is 17.6 Å². The second-order valence-electron chi connectivity index (χ2n) is 10.5. The molecule has 2 bridgehead atoms. The minimum Gasteiger partial charge on any atom is -0.508 e. The number of primary amides is 1. The fourth-order valence-corrected chi connectivity index (χ4v) is 5.09. The largest absolute Gasteiger partial charge is 0.508 e. The molecular formula is C30H44N2O8. The Morgan fingerprint density at radius 2 is 1.70 bits per heavy atom. The molecule has 1 aromatic rings. The van der Waals surface area contributed by atoms with E-state index >= 15 is 0 Å². The summed E-state index contributed by atoms with van der Waals surface area (Å²) in [5.74, 6) is -0.919. The van der Waals surface area contributed by atoms with Crippen molar-refractivity contribution in [3.05, 3.63) is 53.1 Å². The van der Waals surface area contributed by atoms with Gasteiger partial charge in [-0.2, -0.15) is 0 Å². The number of phenolic OH excluding ortho intramolecular Hbond substituents is 2. The van der Waals surface area contributed by atoms with E-state index in [0.29, 0.717) is 17.6 Å². The summed E-state index contributed by atoms with van der Waals surface area (Å²) in [5.41, 5.74) is 6.85. The zero-order valence-electron chi connectivity index (χ0n) is 24.6. The molecule has 10 heteroatoms. The number of nitrogens with one attached hydrogen (secondary N) is 1. The lowest BCUT2D eigenvalue weighted by Crippen LogP contribution is -2.35. The Morgan fingerprint density at radius 1 is 1.02 bits per heavy atom. The lowest BCUT2D eigenvalue weighted by Gasteiger charge is -2.32. The highest BCUT2D eigenvalue weighted by Gasteiger charge is 2.31. The van der Waals surface area contributed by atoms with Crippen LogP contribution in [0.3, 0.4) is 0 Å². The molecule has 1 aliphatic rings. The summed E-state index contributed by atoms with van der Waals surface area (Å²) in [6, 6.07) is 2.72. The topological polar surface area (TPSA) is 150 Å². The third kappa shape index (κ3) is 8.33. The van der Waals surface area contributed by atoms with Crippen LogP contribution >= 0.6 is 0 Å². The Balaban J connectivity index is 2.67. The molecule has 7 unspecified atom stereocenters. The molecule has 5 N–H and O–H groups in total. The van der Waals surface area contributed by atoms with E-state index in [1.54, 1.807) is 32.3 Å². The van der Waals surface area contributed by atoms with Gasteiger partial charge in [0.05, 0.1) is 17.9 Å². The molecule has 0 saturated heterocycles. The van der Waals surface area contributed by atoms with Gasteiger partial charge in [-0.1, -0.05) is 45.1 Å². The van der Waals surface area contributed by atoms with Crippen molar-refractivity contribution in [2.45, 2.75) is 65.5 Å². The highest BCUT2D eigenvalue weighted by Crippen LogP contribution is 2.42. The Morgan fingerprint density at radius 3 is 2.27 bits per heavy atom. The number of methoxy groups -OCH3 is 3. The van der Waals surface area contributed by atoms with E-state index in [1.165, 1.54) is 26.4 Å². The second-order valence-corrected chi connectivity index (χ2v) is 10.5. The Kier molecular flexibility index (Phi) is 12.2. The summed E-state index contributed by atoms with van der Waals surface area (Å²) < 4.78 is 22.7. The minimum absolute atomic E-state index is 0.00503. The van der Waals surface area contributed by atoms with E-state index in [4.69, 9.17) is 24.7 Å². The molecule has 7 atom stereocenters. The van der Waals surface area contributed by atoms with Gasteiger partial charge in [0.2, 0.25) is 0 Å². The highest BCUT2D eigenvalue weighted by atomic mass is 16.6. The van der Waals surface area contributed by atoms with Crippen LogP contribution in [0.4, 0.5) is 10.5 Å². The van der Waals surface area contributed by atoms with Crippen molar-refractivity contribution in [1.29, 1.82) is 0 Å². The number of hydrogen-bond donors (Lipinski definition) is 4. The van der Waals surface area contributed by atoms with Crippen molar-refractivity contribution < 1.29 is 38.7 Å². The number of nitrogens with two attached hydrogens (primary N) is 1. The normalized spacial score (nSPS) is 32.2. The zero-order chi connectivity index (χ0) is 30.1. The summed E-state index contributed by atoms with van der Waals surface area (Å²) in [7, 11) is 4.66. The van der Waals surface area contributed by atoms with Crippen LogP contribution in [0.15, 0.2) is 47.6 Å². The van der Waals surface area contributed by atoms with E-state index < -0.39 is 30.3 Å². The molecule has 1 aliphatic heterocycles. The Bertz CT molecular complexity index is 1130. The van der Waals surface area contributed by atoms with Crippen LogP contribution in [0.1, 0.15) is 52.7 Å². The zero-order valence-corrected chi connectivity index (χ0v) is 24.6. The number of aromatic hydroxyl groups is 2. The predicted octanol–water partition coefficient (Wildman–Crippen LogP) is 4.98. The number of benzene rings is 1. The van der Waals surface area contributed by atoms with Crippen LogP contribution in [0, 0.1) is 17.8 Å². The van der Waals surface area contributed by atoms with E-state index in [2.05, 4.69) is 19.2 Å². The molecule has 0 fully saturated rings. The summed E-state index contributed by atoms with van der Waals surface area (Å²) >= 11 is 0. The fraction of sp³-hybridized carbons (Fsp3) is 0.533. The monoisotopic (exact) mass is 560 g/mol. The number of anilines is 1. The van der Waals surface area contributed by atoms with E-state index in [1.807, 2.05) is 19.9 Å². The molecule has 1 aromatic carbocycles. The van der Waals surface area contributed by atoms with Crippen LogP contribution in [0.2, 0.25) is 0 Å². The first kappa shape index (κ1) is 32.9. The van der Waals surface area contributed by atoms with Crippen LogP contribution in [-0.4, -0.2) is 61.9 Å². The van der Waals surface area contributed by atoms with Gasteiger partial charge in [0.15, 0.2) is 6.10 Å². The number of amides is 2. The van der Waals surface area contributed by atoms with Gasteiger partial charge in [-0.25, -0.2) is 4.79 Å². The van der Waals surface area contributed by atoms with Gasteiger partial charge in [-0.05, 0) is 49.7 Å². The molecule has 1 heterocycles. The number of hydrogen-bond acceptors (Lipinski definition) is 8. The van der Waals surface area contributed by atoms with Crippen molar-refractivity contribution in [3.63, 3.8) is 0 Å². The van der Waals surface area contributed by atoms with Crippen molar-refractivity contribution in [2.24, 2.45) is 23.5 Å². The van der Waals surface area contributed by atoms with Crippen molar-refractivity contribution in [2.75, 3.05) is 26.6 Å². The standard InChI is InChI=1S/C30H44N2O8/c1-16-10-9-11-24(37-6)28(40-30(31)36)18(3)12-17(2)20(5)25(38-7)13-19(4)27(39-8)22-14-21(33)15-23(26(22)34)32-29(16)35/h9-12,14-15,17,19-20,24-25,27-28,33-34H,13H2,1-8H3,(H2,31,36)(H,32,35)/b11-9-,16-10-,18-12-. The molecule has 10 nitrogen and oxygen atoms in total. The van der Waals surface area contributed by atoms with Crippen molar-refractivity contribution in [1.82, 2.24) is 0 Å². The second kappa shape index (κ2) is 14.9. The van der Waals surface area contributed by atoms with Gasteiger partial charge in [-0.15, -0.1) is 0 Å². The molecule has 0 saturated carbocycles. The van der Waals surface area contributed by atoms with Gasteiger partial charge >= 0.3 is 6.09 Å². The molecule has 222 valence electrons. The average molecular weight is 561 g/mol. The number of fused-ring (bicyclic) bond motifs is 2. The molecule has 40 heavy (non-hydrogen) atoms. The molecule has 2 rings (SSSR count). The van der Waals surface area contributed by atoms with Gasteiger partial charge < -0.3 is 40.2 Å². The first-order valence-electron chi connectivity index (χ1n) is 13.3. The maximum Gasteiger partial charge on any atom is 0.405 e. The number of carbonyl (C=O) groups is 2. The van der Waals surface area contributed by atoms with Crippen molar-refractivity contribution >= 4 is 17.7 Å². The van der Waals surface area contributed by atoms with E-state index in [9.17, 15) is 19.8 Å². The minimum atomic E-state index is -0.933. The van der Waals surface area contributed by atoms with Crippen LogP contribution in [0.25, 0.3) is 0 Å². The Labute approximate surface area is 236 Å². The summed E-state index contributed by atoms with van der Waals surface area (Å²) in [4.78, 5) is 24.7. The molecule has 0 radical (unpaired) electrons. The smallest absolute Gasteiger partial charge is 0.405 e. The molecule has 0 spiro atoms. The van der Waals surface area contributed by atoms with Crippen LogP contribution in [-0.2, 0) is 23.7 Å². The number of phenols is 2. The van der Waals surface area contributed by atoms with Crippen LogP contribution < -0.4 is 11.1 Å². The van der Waals surface area contributed by atoms with Gasteiger partial charge in [0.25, 0.3) is 5.91 Å². The third-order valence-electron chi connectivity index (χ3n) is 7.57. The first-order valence-corrected chi connectivity index (χ1v) is 13.3. The molecule has 0 aromatic heterocycles. The van der Waals surface area contributed by atoms with Gasteiger partial charge in [0, 0.05) is 38.5 Å². The maximum atomic E-state index is 12.9. The van der Waals surface area contributed by atoms with E-state index in [-0.39, 0.29) is 41.0 Å². The summed E-state index contributed by atoms with van der Waals surface area (Å²) in [5, 5.41) is 24.2. The Hall–Kier alpha value is -3.34. The predicted molar refractivity (Wildman–Crippen MR) is 153 cm³/mol. The number of rotatable bonds is 4. The van der Waals surface area contributed by atoms with E-state index in [0.717, 1.165) is 5.57 Å². The highest BCUT2D eigenvalue weighted by molar-refractivity contribution is 6.04. The summed E-state index contributed by atoms with van der Waals surface area (Å²) in [6.07, 6.45) is 4.21. The summed E-state index contributed by atoms with van der Waals surface area (Å²) in [6.45, 7) is 9.55.